The van der Waals surface area contributed by atoms with Gasteiger partial charge in [0, 0.05) is 13.1 Å². The zero-order chi connectivity index (χ0) is 13.0. The van der Waals surface area contributed by atoms with E-state index in [4.69, 9.17) is 0 Å². The SMILES string of the molecule is COC(=O)c1ncn(CC(=O)N(C)C(C)C)n1. The van der Waals surface area contributed by atoms with E-state index in [0.29, 0.717) is 0 Å². The van der Waals surface area contributed by atoms with Gasteiger partial charge < -0.3 is 9.64 Å². The van der Waals surface area contributed by atoms with E-state index in [0.717, 1.165) is 0 Å². The summed E-state index contributed by atoms with van der Waals surface area (Å²) >= 11 is 0. The van der Waals surface area contributed by atoms with Crippen LogP contribution in [0.2, 0.25) is 0 Å². The summed E-state index contributed by atoms with van der Waals surface area (Å²) in [5.74, 6) is -0.762. The highest BCUT2D eigenvalue weighted by molar-refractivity contribution is 5.84. The van der Waals surface area contributed by atoms with E-state index >= 15 is 0 Å². The van der Waals surface area contributed by atoms with Crippen molar-refractivity contribution in [3.63, 3.8) is 0 Å². The van der Waals surface area contributed by atoms with E-state index in [9.17, 15) is 9.59 Å². The summed E-state index contributed by atoms with van der Waals surface area (Å²) in [6.45, 7) is 3.89. The van der Waals surface area contributed by atoms with Crippen LogP contribution >= 0.6 is 0 Å². The van der Waals surface area contributed by atoms with Gasteiger partial charge in [0.2, 0.25) is 5.91 Å². The molecule has 0 aliphatic carbocycles. The lowest BCUT2D eigenvalue weighted by atomic mass is 10.3. The molecular formula is C10H16N4O3. The molecular weight excluding hydrogens is 224 g/mol. The highest BCUT2D eigenvalue weighted by Gasteiger charge is 2.15. The minimum atomic E-state index is -0.617. The van der Waals surface area contributed by atoms with Crippen molar-refractivity contribution in [2.24, 2.45) is 0 Å². The van der Waals surface area contributed by atoms with Crippen molar-refractivity contribution in [3.8, 4) is 0 Å². The Morgan fingerprint density at radius 3 is 2.71 bits per heavy atom. The smallest absolute Gasteiger partial charge is 0.377 e. The van der Waals surface area contributed by atoms with Crippen LogP contribution < -0.4 is 0 Å². The molecule has 17 heavy (non-hydrogen) atoms. The summed E-state index contributed by atoms with van der Waals surface area (Å²) in [5, 5.41) is 3.85. The third-order valence-electron chi connectivity index (χ3n) is 2.37. The van der Waals surface area contributed by atoms with Gasteiger partial charge in [-0.05, 0) is 13.8 Å². The van der Waals surface area contributed by atoms with Crippen molar-refractivity contribution in [1.82, 2.24) is 19.7 Å². The topological polar surface area (TPSA) is 77.3 Å². The van der Waals surface area contributed by atoms with Crippen LogP contribution in [-0.2, 0) is 16.1 Å². The zero-order valence-corrected chi connectivity index (χ0v) is 10.4. The Balaban J connectivity index is 2.67. The number of nitrogens with zero attached hydrogens (tertiary/aromatic N) is 4. The fourth-order valence-corrected chi connectivity index (χ4v) is 1.09. The number of hydrogen-bond acceptors (Lipinski definition) is 5. The average Bonchev–Trinajstić information content (AvgIpc) is 2.75. The molecule has 1 aromatic rings. The second kappa shape index (κ2) is 5.42. The van der Waals surface area contributed by atoms with E-state index in [-0.39, 0.29) is 24.3 Å². The van der Waals surface area contributed by atoms with Crippen LogP contribution in [0.4, 0.5) is 0 Å². The van der Waals surface area contributed by atoms with Gasteiger partial charge in [-0.3, -0.25) is 4.79 Å². The number of esters is 1. The van der Waals surface area contributed by atoms with Crippen LogP contribution in [0.5, 0.6) is 0 Å². The van der Waals surface area contributed by atoms with Crippen molar-refractivity contribution >= 4 is 11.9 Å². The number of ether oxygens (including phenoxy) is 1. The molecule has 0 saturated carbocycles. The average molecular weight is 240 g/mol. The van der Waals surface area contributed by atoms with Crippen LogP contribution in [-0.4, -0.2) is 51.7 Å². The molecule has 0 atom stereocenters. The molecule has 1 aromatic heterocycles. The summed E-state index contributed by atoms with van der Waals surface area (Å²) in [5.41, 5.74) is 0. The molecule has 0 bridgehead atoms. The second-order valence-electron chi connectivity index (χ2n) is 3.86. The third-order valence-corrected chi connectivity index (χ3v) is 2.37. The molecule has 0 saturated heterocycles. The summed E-state index contributed by atoms with van der Waals surface area (Å²) in [6.07, 6.45) is 1.33. The maximum Gasteiger partial charge on any atom is 0.377 e. The van der Waals surface area contributed by atoms with E-state index in [1.807, 2.05) is 13.8 Å². The van der Waals surface area contributed by atoms with Gasteiger partial charge >= 0.3 is 5.97 Å². The first-order valence-corrected chi connectivity index (χ1v) is 5.19. The molecule has 0 aliphatic heterocycles. The van der Waals surface area contributed by atoms with Gasteiger partial charge in [-0.15, -0.1) is 5.10 Å². The zero-order valence-electron chi connectivity index (χ0n) is 10.4. The predicted molar refractivity (Wildman–Crippen MR) is 59.3 cm³/mol. The number of carbonyl (C=O) groups excluding carboxylic acids is 2. The number of likely N-dealkylation sites (N-methyl/N-ethyl adjacent to an activating group) is 1. The van der Waals surface area contributed by atoms with Crippen LogP contribution in [0, 0.1) is 0 Å². The fraction of sp³-hybridized carbons (Fsp3) is 0.600. The molecule has 0 aromatic carbocycles. The second-order valence-corrected chi connectivity index (χ2v) is 3.86. The van der Waals surface area contributed by atoms with Crippen LogP contribution in [0.3, 0.4) is 0 Å². The Hall–Kier alpha value is -1.92. The quantitative estimate of drug-likeness (QED) is 0.688. The van der Waals surface area contributed by atoms with Crippen molar-refractivity contribution in [2.45, 2.75) is 26.4 Å². The number of methoxy groups -OCH3 is 1. The highest BCUT2D eigenvalue weighted by atomic mass is 16.5. The lowest BCUT2D eigenvalue weighted by molar-refractivity contribution is -0.132. The number of amides is 1. The summed E-state index contributed by atoms with van der Waals surface area (Å²) < 4.78 is 5.78. The first-order valence-electron chi connectivity index (χ1n) is 5.19. The van der Waals surface area contributed by atoms with Crippen LogP contribution in [0.25, 0.3) is 0 Å². The molecule has 7 heteroatoms. The molecule has 1 rings (SSSR count). The lowest BCUT2D eigenvalue weighted by Crippen LogP contribution is -2.35. The Morgan fingerprint density at radius 1 is 1.53 bits per heavy atom. The van der Waals surface area contributed by atoms with Gasteiger partial charge in [-0.1, -0.05) is 0 Å². The fourth-order valence-electron chi connectivity index (χ4n) is 1.09. The first-order chi connectivity index (χ1) is 7.95. The summed E-state index contributed by atoms with van der Waals surface area (Å²) in [4.78, 5) is 28.2. The third kappa shape index (κ3) is 3.27. The Labute approximate surface area is 99.4 Å². The number of hydrogen-bond donors (Lipinski definition) is 0. The standard InChI is InChI=1S/C10H16N4O3/c1-7(2)13(3)8(15)5-14-6-11-9(12-14)10(16)17-4/h6-7H,5H2,1-4H3. The maximum absolute atomic E-state index is 11.7. The van der Waals surface area contributed by atoms with Gasteiger partial charge in [0.05, 0.1) is 7.11 Å². The Kier molecular flexibility index (Phi) is 4.19. The van der Waals surface area contributed by atoms with Crippen LogP contribution in [0.1, 0.15) is 24.5 Å². The number of rotatable bonds is 4. The Bertz CT molecular complexity index is 413. The molecule has 0 N–H and O–H groups in total. The summed E-state index contributed by atoms with van der Waals surface area (Å²) in [6, 6.07) is 0.117. The molecule has 7 nitrogen and oxygen atoms in total. The monoisotopic (exact) mass is 240 g/mol. The predicted octanol–water partition coefficient (Wildman–Crippen LogP) is -0.0685. The van der Waals surface area contributed by atoms with Crippen molar-refractivity contribution in [2.75, 3.05) is 14.2 Å². The maximum atomic E-state index is 11.7. The molecule has 0 aliphatic rings. The lowest BCUT2D eigenvalue weighted by Gasteiger charge is -2.21. The number of carbonyl (C=O) groups is 2. The van der Waals surface area contributed by atoms with E-state index < -0.39 is 5.97 Å². The molecule has 0 unspecified atom stereocenters. The number of aromatic nitrogens is 3. The molecule has 94 valence electrons. The van der Waals surface area contributed by atoms with E-state index in [1.165, 1.54) is 18.1 Å². The molecule has 1 heterocycles. The van der Waals surface area contributed by atoms with Gasteiger partial charge in [0.15, 0.2) is 0 Å². The molecule has 0 radical (unpaired) electrons. The minimum Gasteiger partial charge on any atom is -0.463 e. The van der Waals surface area contributed by atoms with E-state index in [2.05, 4.69) is 14.8 Å². The summed E-state index contributed by atoms with van der Waals surface area (Å²) in [7, 11) is 2.96. The highest BCUT2D eigenvalue weighted by Crippen LogP contribution is 1.98. The largest absolute Gasteiger partial charge is 0.463 e. The van der Waals surface area contributed by atoms with Gasteiger partial charge in [-0.25, -0.2) is 14.5 Å². The van der Waals surface area contributed by atoms with Crippen LogP contribution in [0.15, 0.2) is 6.33 Å². The normalized spacial score (nSPS) is 10.4. The Morgan fingerprint density at radius 2 is 2.18 bits per heavy atom. The van der Waals surface area contributed by atoms with Gasteiger partial charge in [0.1, 0.15) is 12.9 Å². The first kappa shape index (κ1) is 13.1. The van der Waals surface area contributed by atoms with Gasteiger partial charge in [0.25, 0.3) is 5.82 Å². The molecule has 0 spiro atoms. The van der Waals surface area contributed by atoms with Crippen molar-refractivity contribution in [1.29, 1.82) is 0 Å². The van der Waals surface area contributed by atoms with Crippen molar-refractivity contribution in [3.05, 3.63) is 12.2 Å². The van der Waals surface area contributed by atoms with Gasteiger partial charge in [-0.2, -0.15) is 0 Å². The minimum absolute atomic E-state index is 0.0486. The van der Waals surface area contributed by atoms with Crippen molar-refractivity contribution < 1.29 is 14.3 Å². The molecule has 0 fully saturated rings. The van der Waals surface area contributed by atoms with E-state index in [1.54, 1.807) is 11.9 Å². The molecule has 1 amide bonds.